The first-order valence-corrected chi connectivity index (χ1v) is 9.56. The van der Waals surface area contributed by atoms with E-state index in [0.717, 1.165) is 31.7 Å². The maximum atomic E-state index is 12.7. The van der Waals surface area contributed by atoms with Gasteiger partial charge in [-0.25, -0.2) is 0 Å². The van der Waals surface area contributed by atoms with Gasteiger partial charge in [0.1, 0.15) is 0 Å². The lowest BCUT2D eigenvalue weighted by atomic mass is 9.95. The van der Waals surface area contributed by atoms with Crippen LogP contribution >= 0.6 is 11.8 Å². The van der Waals surface area contributed by atoms with E-state index in [1.165, 1.54) is 0 Å². The summed E-state index contributed by atoms with van der Waals surface area (Å²) in [5, 5.41) is 0. The molecule has 3 aliphatic heterocycles. The van der Waals surface area contributed by atoms with E-state index < -0.39 is 0 Å². The monoisotopic (exact) mass is 333 g/mol. The van der Waals surface area contributed by atoms with Gasteiger partial charge in [-0.3, -0.25) is 14.6 Å². The third-order valence-electron chi connectivity index (χ3n) is 4.75. The number of hydrogen-bond acceptors (Lipinski definition) is 4. The first-order valence-electron chi connectivity index (χ1n) is 8.16. The number of pyridine rings is 1. The quantitative estimate of drug-likeness (QED) is 0.844. The van der Waals surface area contributed by atoms with Crippen LogP contribution in [0.1, 0.15) is 29.6 Å². The molecule has 6 heteroatoms. The van der Waals surface area contributed by atoms with Crippen LogP contribution in [-0.2, 0) is 4.79 Å². The molecule has 3 aliphatic rings. The SMILES string of the molecule is CSCCC(=O)N1C[C@H]2CC[C@@H]1CN(C(=O)c1cccnc1)C2. The number of aromatic nitrogens is 1. The number of carbonyl (C=O) groups is 2. The van der Waals surface area contributed by atoms with Crippen molar-refractivity contribution in [1.29, 1.82) is 0 Å². The van der Waals surface area contributed by atoms with Crippen molar-refractivity contribution in [1.82, 2.24) is 14.8 Å². The lowest BCUT2D eigenvalue weighted by molar-refractivity contribution is -0.134. The van der Waals surface area contributed by atoms with Crippen molar-refractivity contribution in [3.05, 3.63) is 30.1 Å². The molecule has 5 nitrogen and oxygen atoms in total. The zero-order valence-corrected chi connectivity index (χ0v) is 14.3. The van der Waals surface area contributed by atoms with Crippen LogP contribution in [0.2, 0.25) is 0 Å². The molecule has 0 aliphatic carbocycles. The minimum absolute atomic E-state index is 0.0356. The Morgan fingerprint density at radius 3 is 2.91 bits per heavy atom. The lowest BCUT2D eigenvalue weighted by Gasteiger charge is -2.36. The number of nitrogens with zero attached hydrogens (tertiary/aromatic N) is 3. The van der Waals surface area contributed by atoms with Crippen LogP contribution in [0.4, 0.5) is 0 Å². The summed E-state index contributed by atoms with van der Waals surface area (Å²) < 4.78 is 0. The Morgan fingerprint density at radius 1 is 1.30 bits per heavy atom. The smallest absolute Gasteiger partial charge is 0.255 e. The summed E-state index contributed by atoms with van der Waals surface area (Å²) in [5.41, 5.74) is 0.633. The molecule has 2 bridgehead atoms. The predicted octanol–water partition coefficient (Wildman–Crippen LogP) is 1.90. The molecule has 124 valence electrons. The highest BCUT2D eigenvalue weighted by Gasteiger charge is 2.38. The van der Waals surface area contributed by atoms with Crippen LogP contribution in [0.15, 0.2) is 24.5 Å². The van der Waals surface area contributed by atoms with Crippen LogP contribution in [0.3, 0.4) is 0 Å². The van der Waals surface area contributed by atoms with Crippen molar-refractivity contribution < 1.29 is 9.59 Å². The topological polar surface area (TPSA) is 53.5 Å². The second-order valence-corrected chi connectivity index (χ2v) is 7.32. The van der Waals surface area contributed by atoms with E-state index >= 15 is 0 Å². The van der Waals surface area contributed by atoms with Crippen LogP contribution in [0.5, 0.6) is 0 Å². The Bertz CT molecular complexity index is 566. The molecule has 0 aromatic carbocycles. The Kier molecular flexibility index (Phi) is 5.20. The molecule has 0 saturated carbocycles. The molecular formula is C17H23N3O2S. The summed E-state index contributed by atoms with van der Waals surface area (Å²) in [6.45, 7) is 2.19. The van der Waals surface area contributed by atoms with Crippen molar-refractivity contribution in [2.24, 2.45) is 5.92 Å². The summed E-state index contributed by atoms with van der Waals surface area (Å²) in [4.78, 5) is 33.1. The first-order chi connectivity index (χ1) is 11.2. The molecule has 0 spiro atoms. The molecule has 0 N–H and O–H groups in total. The standard InChI is InChI=1S/C17H23N3O2S/c1-23-8-6-16(21)20-11-13-4-5-15(20)12-19(10-13)17(22)14-3-2-7-18-9-14/h2-3,7,9,13,15H,4-6,8,10-12H2,1H3/t13-,15+/m0/s1. The molecule has 2 amide bonds. The Labute approximate surface area is 141 Å². The van der Waals surface area contributed by atoms with Crippen molar-refractivity contribution in [3.63, 3.8) is 0 Å². The number of piperidine rings is 1. The fourth-order valence-electron chi connectivity index (χ4n) is 3.56. The highest BCUT2D eigenvalue weighted by molar-refractivity contribution is 7.98. The minimum atomic E-state index is 0.0356. The van der Waals surface area contributed by atoms with Gasteiger partial charge >= 0.3 is 0 Å². The number of thioether (sulfide) groups is 1. The normalized spacial score (nSPS) is 23.7. The molecule has 2 atom stereocenters. The van der Waals surface area contributed by atoms with Crippen molar-refractivity contribution in [3.8, 4) is 0 Å². The van der Waals surface area contributed by atoms with E-state index in [1.54, 1.807) is 30.2 Å². The zero-order valence-electron chi connectivity index (χ0n) is 13.5. The van der Waals surface area contributed by atoms with Gasteiger partial charge in [-0.1, -0.05) is 0 Å². The molecule has 1 aromatic rings. The van der Waals surface area contributed by atoms with E-state index in [4.69, 9.17) is 0 Å². The van der Waals surface area contributed by atoms with Crippen molar-refractivity contribution in [2.45, 2.75) is 25.3 Å². The number of fused-ring (bicyclic) bond motifs is 4. The Morgan fingerprint density at radius 2 is 2.17 bits per heavy atom. The van der Waals surface area contributed by atoms with E-state index in [2.05, 4.69) is 4.98 Å². The molecule has 23 heavy (non-hydrogen) atoms. The summed E-state index contributed by atoms with van der Waals surface area (Å²) >= 11 is 1.70. The number of hydrogen-bond donors (Lipinski definition) is 0. The first kappa shape index (κ1) is 16.3. The van der Waals surface area contributed by atoms with Gasteiger partial charge in [0, 0.05) is 50.2 Å². The van der Waals surface area contributed by atoms with Gasteiger partial charge in [0.2, 0.25) is 5.91 Å². The van der Waals surface area contributed by atoms with Crippen molar-refractivity contribution in [2.75, 3.05) is 31.6 Å². The third-order valence-corrected chi connectivity index (χ3v) is 5.36. The number of rotatable bonds is 4. The fraction of sp³-hybridized carbons (Fsp3) is 0.588. The molecule has 4 rings (SSSR count). The second-order valence-electron chi connectivity index (χ2n) is 6.34. The highest BCUT2D eigenvalue weighted by atomic mass is 32.2. The van der Waals surface area contributed by atoms with Gasteiger partial charge in [0.25, 0.3) is 5.91 Å². The molecule has 0 radical (unpaired) electrons. The third kappa shape index (κ3) is 3.68. The molecule has 4 heterocycles. The average Bonchev–Trinajstić information content (AvgIpc) is 2.91. The van der Waals surface area contributed by atoms with E-state index in [-0.39, 0.29) is 17.9 Å². The van der Waals surface area contributed by atoms with Crippen molar-refractivity contribution >= 4 is 23.6 Å². The maximum Gasteiger partial charge on any atom is 0.255 e. The molecule has 1 aromatic heterocycles. The molecular weight excluding hydrogens is 310 g/mol. The van der Waals surface area contributed by atoms with Gasteiger partial charge in [0.15, 0.2) is 0 Å². The summed E-state index contributed by atoms with van der Waals surface area (Å²) in [5.74, 6) is 1.54. The number of amides is 2. The molecule has 3 saturated heterocycles. The van der Waals surface area contributed by atoms with Gasteiger partial charge in [-0.2, -0.15) is 11.8 Å². The zero-order chi connectivity index (χ0) is 16.2. The van der Waals surface area contributed by atoms with E-state index in [1.807, 2.05) is 22.1 Å². The second kappa shape index (κ2) is 7.34. The Hall–Kier alpha value is -1.56. The van der Waals surface area contributed by atoms with Crippen LogP contribution in [-0.4, -0.2) is 64.3 Å². The highest BCUT2D eigenvalue weighted by Crippen LogP contribution is 2.29. The van der Waals surface area contributed by atoms with Crippen LogP contribution < -0.4 is 0 Å². The van der Waals surface area contributed by atoms with Gasteiger partial charge in [-0.15, -0.1) is 0 Å². The maximum absolute atomic E-state index is 12.7. The predicted molar refractivity (Wildman–Crippen MR) is 91.4 cm³/mol. The summed E-state index contributed by atoms with van der Waals surface area (Å²) in [6.07, 6.45) is 8.03. The lowest BCUT2D eigenvalue weighted by Crippen LogP contribution is -2.47. The van der Waals surface area contributed by atoms with Gasteiger partial charge < -0.3 is 9.80 Å². The number of carbonyl (C=O) groups excluding carboxylic acids is 2. The molecule has 0 unspecified atom stereocenters. The van der Waals surface area contributed by atoms with Crippen LogP contribution in [0.25, 0.3) is 0 Å². The average molecular weight is 333 g/mol. The fourth-order valence-corrected chi connectivity index (χ4v) is 3.94. The largest absolute Gasteiger partial charge is 0.338 e. The summed E-state index contributed by atoms with van der Waals surface area (Å²) in [6, 6.07) is 3.77. The van der Waals surface area contributed by atoms with E-state index in [0.29, 0.717) is 24.4 Å². The molecule has 3 fully saturated rings. The van der Waals surface area contributed by atoms with E-state index in [9.17, 15) is 9.59 Å². The van der Waals surface area contributed by atoms with Gasteiger partial charge in [0.05, 0.1) is 5.56 Å². The van der Waals surface area contributed by atoms with Crippen LogP contribution in [0, 0.1) is 5.92 Å². The minimum Gasteiger partial charge on any atom is -0.338 e. The summed E-state index contributed by atoms with van der Waals surface area (Å²) in [7, 11) is 0. The van der Waals surface area contributed by atoms with Gasteiger partial charge in [-0.05, 0) is 37.1 Å². The Balaban J connectivity index is 1.71.